The SMILES string of the molecule is CO[Si](C)(CC(O)CO)O[Si](C)(C)O. The Morgan fingerprint density at radius 1 is 1.29 bits per heavy atom. The van der Waals surface area contributed by atoms with Crippen LogP contribution in [0.25, 0.3) is 0 Å². The Kier molecular flexibility index (Phi) is 5.44. The molecule has 2 atom stereocenters. The summed E-state index contributed by atoms with van der Waals surface area (Å²) in [5.41, 5.74) is 0. The van der Waals surface area contributed by atoms with Crippen molar-refractivity contribution in [1.29, 1.82) is 0 Å². The lowest BCUT2D eigenvalue weighted by Crippen LogP contribution is -2.50. The van der Waals surface area contributed by atoms with Crippen LogP contribution >= 0.6 is 0 Å². The van der Waals surface area contributed by atoms with Gasteiger partial charge in [0, 0.05) is 13.2 Å². The van der Waals surface area contributed by atoms with Crippen LogP contribution in [0.2, 0.25) is 25.7 Å². The van der Waals surface area contributed by atoms with Crippen LogP contribution in [-0.4, -0.2) is 52.0 Å². The summed E-state index contributed by atoms with van der Waals surface area (Å²) in [6, 6.07) is 0.261. The first-order valence-electron chi connectivity index (χ1n) is 4.49. The van der Waals surface area contributed by atoms with E-state index in [2.05, 4.69) is 0 Å². The van der Waals surface area contributed by atoms with E-state index in [1.54, 1.807) is 19.6 Å². The van der Waals surface area contributed by atoms with Crippen molar-refractivity contribution in [3.05, 3.63) is 0 Å². The Hall–Kier alpha value is 0.234. The van der Waals surface area contributed by atoms with Gasteiger partial charge in [-0.05, 0) is 19.6 Å². The third-order valence-corrected chi connectivity index (χ3v) is 7.52. The fraction of sp³-hybridized carbons (Fsp3) is 1.00. The van der Waals surface area contributed by atoms with E-state index in [0.29, 0.717) is 0 Å². The average Bonchev–Trinajstić information content (AvgIpc) is 2.00. The van der Waals surface area contributed by atoms with E-state index in [1.807, 2.05) is 0 Å². The highest BCUT2D eigenvalue weighted by atomic mass is 28.5. The standard InChI is InChI=1S/C7H20O5Si2/c1-11-14(4,6-7(9)5-8)12-13(2,3)10/h7-10H,5-6H2,1-4H3. The number of hydrogen-bond acceptors (Lipinski definition) is 5. The first-order valence-corrected chi connectivity index (χ1v) is 9.87. The van der Waals surface area contributed by atoms with E-state index in [-0.39, 0.29) is 12.7 Å². The minimum absolute atomic E-state index is 0.261. The zero-order valence-corrected chi connectivity index (χ0v) is 11.1. The van der Waals surface area contributed by atoms with Crippen molar-refractivity contribution in [3.63, 3.8) is 0 Å². The molecule has 5 nitrogen and oxygen atoms in total. The van der Waals surface area contributed by atoms with Gasteiger partial charge in [-0.3, -0.25) is 0 Å². The summed E-state index contributed by atoms with van der Waals surface area (Å²) in [6.07, 6.45) is -0.844. The maximum absolute atomic E-state index is 9.60. The van der Waals surface area contributed by atoms with Crippen LogP contribution in [0, 0.1) is 0 Å². The van der Waals surface area contributed by atoms with Crippen LogP contribution in [0.1, 0.15) is 0 Å². The van der Waals surface area contributed by atoms with E-state index < -0.39 is 23.2 Å². The van der Waals surface area contributed by atoms with Gasteiger partial charge >= 0.3 is 17.1 Å². The summed E-state index contributed by atoms with van der Waals surface area (Å²) >= 11 is 0. The van der Waals surface area contributed by atoms with Gasteiger partial charge in [0.15, 0.2) is 0 Å². The van der Waals surface area contributed by atoms with E-state index >= 15 is 0 Å². The van der Waals surface area contributed by atoms with Crippen molar-refractivity contribution in [2.45, 2.75) is 31.8 Å². The van der Waals surface area contributed by atoms with Crippen LogP contribution in [0.5, 0.6) is 0 Å². The molecule has 0 aromatic rings. The van der Waals surface area contributed by atoms with Crippen LogP contribution in [0.3, 0.4) is 0 Å². The largest absolute Gasteiger partial charge is 0.415 e. The molecule has 0 rings (SSSR count). The van der Waals surface area contributed by atoms with Crippen molar-refractivity contribution in [2.75, 3.05) is 13.7 Å². The first-order chi connectivity index (χ1) is 6.22. The number of aliphatic hydroxyl groups is 2. The Morgan fingerprint density at radius 3 is 2.07 bits per heavy atom. The molecule has 3 N–H and O–H groups in total. The molecule has 2 unspecified atom stereocenters. The lowest BCUT2D eigenvalue weighted by atomic mass is 10.4. The third kappa shape index (κ3) is 5.86. The van der Waals surface area contributed by atoms with Gasteiger partial charge in [-0.25, -0.2) is 0 Å². The summed E-state index contributed by atoms with van der Waals surface area (Å²) in [5.74, 6) is 0. The summed E-state index contributed by atoms with van der Waals surface area (Å²) in [6.45, 7) is 4.73. The molecule has 0 saturated heterocycles. The van der Waals surface area contributed by atoms with Gasteiger partial charge < -0.3 is 23.5 Å². The molecule has 0 amide bonds. The van der Waals surface area contributed by atoms with Gasteiger partial charge in [-0.1, -0.05) is 0 Å². The lowest BCUT2D eigenvalue weighted by molar-refractivity contribution is 0.0997. The molecular weight excluding hydrogens is 220 g/mol. The highest BCUT2D eigenvalue weighted by Gasteiger charge is 2.39. The second-order valence-electron chi connectivity index (χ2n) is 3.93. The van der Waals surface area contributed by atoms with Crippen LogP contribution in [0.4, 0.5) is 0 Å². The Bertz CT molecular complexity index is 172. The van der Waals surface area contributed by atoms with E-state index in [0.717, 1.165) is 0 Å². The highest BCUT2D eigenvalue weighted by molar-refractivity contribution is 6.78. The van der Waals surface area contributed by atoms with Crippen molar-refractivity contribution in [3.8, 4) is 0 Å². The number of rotatable bonds is 6. The minimum Gasteiger partial charge on any atom is -0.415 e. The van der Waals surface area contributed by atoms with Gasteiger partial charge in [0.25, 0.3) is 0 Å². The van der Waals surface area contributed by atoms with Crippen LogP contribution in [0.15, 0.2) is 0 Å². The second kappa shape index (κ2) is 5.35. The van der Waals surface area contributed by atoms with Crippen molar-refractivity contribution in [2.24, 2.45) is 0 Å². The molecule has 0 saturated carbocycles. The Morgan fingerprint density at radius 2 is 1.79 bits per heavy atom. The summed E-state index contributed by atoms with van der Waals surface area (Å²) in [7, 11) is -3.69. The van der Waals surface area contributed by atoms with Gasteiger partial charge in [0.1, 0.15) is 0 Å². The van der Waals surface area contributed by atoms with Crippen LogP contribution < -0.4 is 0 Å². The summed E-state index contributed by atoms with van der Waals surface area (Å²) in [4.78, 5) is 9.60. The highest BCUT2D eigenvalue weighted by Crippen LogP contribution is 2.19. The van der Waals surface area contributed by atoms with Gasteiger partial charge in [-0.15, -0.1) is 0 Å². The molecule has 0 spiro atoms. The minimum atomic E-state index is -2.65. The molecule has 14 heavy (non-hydrogen) atoms. The molecule has 7 heteroatoms. The second-order valence-corrected chi connectivity index (χ2v) is 10.7. The normalized spacial score (nSPS) is 19.1. The van der Waals surface area contributed by atoms with Gasteiger partial charge in [0.2, 0.25) is 0 Å². The van der Waals surface area contributed by atoms with E-state index in [4.69, 9.17) is 13.6 Å². The fourth-order valence-corrected chi connectivity index (χ4v) is 7.23. The van der Waals surface area contributed by atoms with E-state index in [1.165, 1.54) is 7.11 Å². The van der Waals surface area contributed by atoms with E-state index in [9.17, 15) is 9.90 Å². The topological polar surface area (TPSA) is 79.2 Å². The zero-order chi connectivity index (χ0) is 11.4. The predicted molar refractivity (Wildman–Crippen MR) is 57.3 cm³/mol. The molecule has 0 heterocycles. The molecule has 0 aromatic heterocycles. The monoisotopic (exact) mass is 240 g/mol. The van der Waals surface area contributed by atoms with Crippen molar-refractivity contribution >= 4 is 17.1 Å². The molecule has 0 aliphatic rings. The molecule has 0 bridgehead atoms. The first kappa shape index (κ1) is 14.2. The Balaban J connectivity index is 4.32. The molecule has 86 valence electrons. The fourth-order valence-electron chi connectivity index (χ4n) is 1.19. The smallest absolute Gasteiger partial charge is 0.328 e. The van der Waals surface area contributed by atoms with Gasteiger partial charge in [-0.2, -0.15) is 0 Å². The molecule has 0 aliphatic heterocycles. The third-order valence-electron chi connectivity index (χ3n) is 1.71. The average molecular weight is 240 g/mol. The van der Waals surface area contributed by atoms with Gasteiger partial charge in [0.05, 0.1) is 12.7 Å². The molecule has 0 fully saturated rings. The zero-order valence-electron chi connectivity index (χ0n) is 9.15. The number of aliphatic hydroxyl groups excluding tert-OH is 2. The Labute approximate surface area is 86.8 Å². The predicted octanol–water partition coefficient (Wildman–Crippen LogP) is -0.231. The van der Waals surface area contributed by atoms with Crippen molar-refractivity contribution < 1.29 is 23.5 Å². The maximum Gasteiger partial charge on any atom is 0.328 e. The molecular formula is C7H20O5Si2. The molecule has 0 radical (unpaired) electrons. The number of hydrogen-bond donors (Lipinski definition) is 3. The maximum atomic E-state index is 9.60. The van der Waals surface area contributed by atoms with Crippen LogP contribution in [-0.2, 0) is 8.54 Å². The quantitative estimate of drug-likeness (QED) is 0.559. The summed E-state index contributed by atoms with van der Waals surface area (Å²) < 4.78 is 10.7. The molecule has 0 aromatic carbocycles. The molecule has 0 aliphatic carbocycles. The summed E-state index contributed by atoms with van der Waals surface area (Å²) in [5, 5.41) is 18.0. The van der Waals surface area contributed by atoms with Crippen molar-refractivity contribution in [1.82, 2.24) is 0 Å². The lowest BCUT2D eigenvalue weighted by Gasteiger charge is -2.32.